The van der Waals surface area contributed by atoms with E-state index >= 15 is 0 Å². The van der Waals surface area contributed by atoms with Gasteiger partial charge in [-0.2, -0.15) is 0 Å². The van der Waals surface area contributed by atoms with Crippen LogP contribution in [0.25, 0.3) is 0 Å². The standard InChI is InChI=1S/C13H10BrN3O3/c1-8-11(14)5-6-12(15-8)16-13(18)9-3-2-4-10(7-9)17(19)20/h2-7H,1H3,(H-,15,16,18,19,20)/p+1. The van der Waals surface area contributed by atoms with Crippen molar-refractivity contribution in [1.82, 2.24) is 4.98 Å². The van der Waals surface area contributed by atoms with E-state index in [1.165, 1.54) is 24.3 Å². The highest BCUT2D eigenvalue weighted by atomic mass is 79.9. The number of nitrogens with zero attached hydrogens (tertiary/aromatic N) is 2. The third-order valence-corrected chi connectivity index (χ3v) is 3.43. The Hall–Kier alpha value is -2.28. The number of benzene rings is 1. The molecule has 6 nitrogen and oxygen atoms in total. The summed E-state index contributed by atoms with van der Waals surface area (Å²) in [5.41, 5.74) is 0.981. The van der Waals surface area contributed by atoms with Crippen molar-refractivity contribution in [2.24, 2.45) is 0 Å². The summed E-state index contributed by atoms with van der Waals surface area (Å²) in [6.07, 6.45) is 0. The monoisotopic (exact) mass is 336 g/mol. The Morgan fingerprint density at radius 1 is 1.35 bits per heavy atom. The molecule has 1 aromatic carbocycles. The van der Waals surface area contributed by atoms with Crippen LogP contribution >= 0.6 is 15.9 Å². The molecule has 0 spiro atoms. The molecule has 2 N–H and O–H groups in total. The summed E-state index contributed by atoms with van der Waals surface area (Å²) >= 11 is 3.32. The molecule has 0 aliphatic carbocycles. The molecule has 0 bridgehead atoms. The lowest BCUT2D eigenvalue weighted by atomic mass is 10.2. The second-order valence-corrected chi connectivity index (χ2v) is 4.90. The van der Waals surface area contributed by atoms with Crippen molar-refractivity contribution >= 4 is 33.3 Å². The fourth-order valence-electron chi connectivity index (χ4n) is 1.57. The first-order valence-corrected chi connectivity index (χ1v) is 6.47. The van der Waals surface area contributed by atoms with Gasteiger partial charge in [0, 0.05) is 22.2 Å². The number of aromatic nitrogens is 1. The van der Waals surface area contributed by atoms with Crippen LogP contribution in [-0.2, 0) is 0 Å². The molecule has 1 amide bonds. The summed E-state index contributed by atoms with van der Waals surface area (Å²) < 4.78 is 0.847. The molecular formula is C13H11BrN3O3+. The van der Waals surface area contributed by atoms with Crippen LogP contribution in [-0.4, -0.2) is 21.0 Å². The van der Waals surface area contributed by atoms with Gasteiger partial charge in [0.05, 0.1) is 10.6 Å². The van der Waals surface area contributed by atoms with E-state index in [1.807, 2.05) is 0 Å². The van der Waals surface area contributed by atoms with Crippen molar-refractivity contribution in [3.8, 4) is 0 Å². The third-order valence-electron chi connectivity index (χ3n) is 2.59. The lowest BCUT2D eigenvalue weighted by Crippen LogP contribution is -2.13. The number of carbonyl (C=O) groups excluding carboxylic acids is 1. The fourth-order valence-corrected chi connectivity index (χ4v) is 1.79. The summed E-state index contributed by atoms with van der Waals surface area (Å²) in [6, 6.07) is 9.16. The van der Waals surface area contributed by atoms with E-state index in [0.717, 1.165) is 10.2 Å². The maximum absolute atomic E-state index is 12.0. The first kappa shape index (κ1) is 14.1. The normalized spacial score (nSPS) is 10.1. The Morgan fingerprint density at radius 2 is 2.10 bits per heavy atom. The van der Waals surface area contributed by atoms with Gasteiger partial charge in [0.2, 0.25) is 0 Å². The van der Waals surface area contributed by atoms with Crippen molar-refractivity contribution in [2.75, 3.05) is 5.32 Å². The highest BCUT2D eigenvalue weighted by Crippen LogP contribution is 2.18. The van der Waals surface area contributed by atoms with Gasteiger partial charge in [-0.25, -0.2) is 10.2 Å². The Morgan fingerprint density at radius 3 is 2.75 bits per heavy atom. The Kier molecular flexibility index (Phi) is 4.09. The van der Waals surface area contributed by atoms with Crippen LogP contribution in [0, 0.1) is 11.8 Å². The third kappa shape index (κ3) is 3.18. The molecule has 7 heteroatoms. The van der Waals surface area contributed by atoms with E-state index in [2.05, 4.69) is 26.2 Å². The topological polar surface area (TPSA) is 82.3 Å². The van der Waals surface area contributed by atoms with E-state index < -0.39 is 5.91 Å². The van der Waals surface area contributed by atoms with Gasteiger partial charge in [-0.05, 0) is 41.1 Å². The zero-order valence-electron chi connectivity index (χ0n) is 10.5. The maximum Gasteiger partial charge on any atom is 0.317 e. The van der Waals surface area contributed by atoms with E-state index in [1.54, 1.807) is 19.1 Å². The minimum atomic E-state index is -0.414. The number of aryl methyl sites for hydroxylation is 1. The van der Waals surface area contributed by atoms with Crippen LogP contribution in [0.15, 0.2) is 40.9 Å². The van der Waals surface area contributed by atoms with Crippen molar-refractivity contribution in [2.45, 2.75) is 6.92 Å². The molecule has 0 aliphatic rings. The number of nitrogens with one attached hydrogen (secondary N) is 1. The zero-order chi connectivity index (χ0) is 14.7. The largest absolute Gasteiger partial charge is 0.317 e. The maximum atomic E-state index is 12.0. The predicted octanol–water partition coefficient (Wildman–Crippen LogP) is 3.20. The van der Waals surface area contributed by atoms with Crippen LogP contribution in [0.4, 0.5) is 11.5 Å². The number of amides is 1. The first-order chi connectivity index (χ1) is 9.47. The van der Waals surface area contributed by atoms with Gasteiger partial charge >= 0.3 is 5.69 Å². The van der Waals surface area contributed by atoms with Crippen molar-refractivity contribution in [3.63, 3.8) is 0 Å². The molecule has 1 heterocycles. The molecule has 102 valence electrons. The van der Waals surface area contributed by atoms with Crippen LogP contribution in [0.3, 0.4) is 0 Å². The van der Waals surface area contributed by atoms with Crippen molar-refractivity contribution in [3.05, 3.63) is 57.0 Å². The number of rotatable bonds is 3. The number of pyridine rings is 1. The number of hydrogen-bond donors (Lipinski definition) is 2. The van der Waals surface area contributed by atoms with Crippen molar-refractivity contribution in [1.29, 1.82) is 0 Å². The van der Waals surface area contributed by atoms with E-state index in [0.29, 0.717) is 5.82 Å². The first-order valence-electron chi connectivity index (χ1n) is 5.68. The van der Waals surface area contributed by atoms with Gasteiger partial charge in [-0.3, -0.25) is 4.79 Å². The van der Waals surface area contributed by atoms with Crippen LogP contribution in [0.1, 0.15) is 16.1 Å². The quantitative estimate of drug-likeness (QED) is 0.843. The molecule has 0 radical (unpaired) electrons. The number of carbonyl (C=O) groups is 1. The summed E-state index contributed by atoms with van der Waals surface area (Å²) in [7, 11) is 0. The predicted molar refractivity (Wildman–Crippen MR) is 76.1 cm³/mol. The number of hydrogen-bond acceptors (Lipinski definition) is 3. The van der Waals surface area contributed by atoms with Crippen LogP contribution in [0.2, 0.25) is 0 Å². The Labute approximate surface area is 123 Å². The average molecular weight is 337 g/mol. The van der Waals surface area contributed by atoms with Gasteiger partial charge in [-0.1, -0.05) is 6.07 Å². The van der Waals surface area contributed by atoms with E-state index in [4.69, 9.17) is 5.21 Å². The van der Waals surface area contributed by atoms with Gasteiger partial charge in [0.1, 0.15) is 5.82 Å². The summed E-state index contributed by atoms with van der Waals surface area (Å²) in [6.45, 7) is 1.81. The molecule has 0 aliphatic heterocycles. The fraction of sp³-hybridized carbons (Fsp3) is 0.0769. The second kappa shape index (κ2) is 5.79. The zero-order valence-corrected chi connectivity index (χ0v) is 12.1. The van der Waals surface area contributed by atoms with Crippen LogP contribution in [0.5, 0.6) is 0 Å². The average Bonchev–Trinajstić information content (AvgIpc) is 2.43. The van der Waals surface area contributed by atoms with Gasteiger partial charge in [-0.15, -0.1) is 0 Å². The highest BCUT2D eigenvalue weighted by Gasteiger charge is 2.15. The molecule has 2 aromatic rings. The second-order valence-electron chi connectivity index (χ2n) is 4.04. The van der Waals surface area contributed by atoms with E-state index in [-0.39, 0.29) is 16.2 Å². The highest BCUT2D eigenvalue weighted by molar-refractivity contribution is 9.10. The van der Waals surface area contributed by atoms with E-state index in [9.17, 15) is 9.70 Å². The number of anilines is 1. The minimum Gasteiger partial charge on any atom is -0.307 e. The lowest BCUT2D eigenvalue weighted by molar-refractivity contribution is -0.729. The molecule has 0 saturated heterocycles. The minimum absolute atomic E-state index is 0.0161. The Bertz CT molecular complexity index is 688. The van der Waals surface area contributed by atoms with Gasteiger partial charge in [0.15, 0.2) is 0 Å². The molecule has 0 fully saturated rings. The molecule has 0 unspecified atom stereocenters. The van der Waals surface area contributed by atoms with Gasteiger partial charge < -0.3 is 5.32 Å². The lowest BCUT2D eigenvalue weighted by Gasteiger charge is -2.05. The molecule has 1 aromatic heterocycles. The molecule has 20 heavy (non-hydrogen) atoms. The SMILES string of the molecule is Cc1nc(NC(=O)c2cccc([N+](=O)O)c2)ccc1Br. The summed E-state index contributed by atoms with van der Waals surface area (Å²) in [4.78, 5) is 26.7. The van der Waals surface area contributed by atoms with Crippen molar-refractivity contribution < 1.29 is 14.9 Å². The molecular weight excluding hydrogens is 326 g/mol. The van der Waals surface area contributed by atoms with Gasteiger partial charge in [0.25, 0.3) is 10.8 Å². The molecule has 0 atom stereocenters. The number of halogens is 1. The molecule has 2 rings (SSSR count). The summed E-state index contributed by atoms with van der Waals surface area (Å²) in [5, 5.41) is 11.4. The summed E-state index contributed by atoms with van der Waals surface area (Å²) in [5.74, 6) is -0.00740. The molecule has 0 saturated carbocycles. The Balaban J connectivity index is 2.21. The van der Waals surface area contributed by atoms with Crippen LogP contribution < -0.4 is 5.32 Å². The smallest absolute Gasteiger partial charge is 0.307 e.